The van der Waals surface area contributed by atoms with Gasteiger partial charge in [0.1, 0.15) is 5.75 Å². The molecular weight excluding hydrogens is 294 g/mol. The fourth-order valence-corrected chi connectivity index (χ4v) is 2.58. The Morgan fingerprint density at radius 3 is 2.82 bits per heavy atom. The maximum atomic E-state index is 5.42. The van der Waals surface area contributed by atoms with Crippen molar-refractivity contribution in [2.75, 3.05) is 38.8 Å². The molecule has 0 aliphatic carbocycles. The van der Waals surface area contributed by atoms with Crippen LogP contribution in [0.4, 0.5) is 0 Å². The van der Waals surface area contributed by atoms with E-state index in [1.54, 1.807) is 7.11 Å². The van der Waals surface area contributed by atoms with Gasteiger partial charge in [0.25, 0.3) is 0 Å². The Labute approximate surface area is 139 Å². The van der Waals surface area contributed by atoms with Crippen LogP contribution in [0.3, 0.4) is 0 Å². The molecule has 0 aromatic heterocycles. The van der Waals surface area contributed by atoms with Gasteiger partial charge < -0.3 is 15.4 Å². The zero-order chi connectivity index (χ0) is 16.2. The number of benzene rings is 1. The number of aliphatic imine (C=N–C) groups is 1. The normalized spacial score (nSPS) is 11.4. The summed E-state index contributed by atoms with van der Waals surface area (Å²) in [6.45, 7) is 6.77. The van der Waals surface area contributed by atoms with Crippen molar-refractivity contribution in [1.82, 2.24) is 10.6 Å². The van der Waals surface area contributed by atoms with Crippen molar-refractivity contribution < 1.29 is 4.74 Å². The number of rotatable bonds is 9. The minimum atomic E-state index is 0.841. The van der Waals surface area contributed by atoms with Gasteiger partial charge in [0.05, 0.1) is 7.11 Å². The van der Waals surface area contributed by atoms with Crippen LogP contribution in [0.5, 0.6) is 5.75 Å². The molecule has 124 valence electrons. The van der Waals surface area contributed by atoms with E-state index in [9.17, 15) is 0 Å². The zero-order valence-electron chi connectivity index (χ0n) is 14.2. The van der Waals surface area contributed by atoms with Crippen molar-refractivity contribution in [2.45, 2.75) is 26.7 Å². The number of aryl methyl sites for hydroxylation is 1. The number of hydrogen-bond donors (Lipinski definition) is 2. The molecule has 0 unspecified atom stereocenters. The number of nitrogens with zero attached hydrogens (tertiary/aromatic N) is 1. The number of hydrogen-bond acceptors (Lipinski definition) is 3. The Balaban J connectivity index is 2.50. The van der Waals surface area contributed by atoms with Crippen molar-refractivity contribution in [2.24, 2.45) is 4.99 Å². The van der Waals surface area contributed by atoms with Gasteiger partial charge in [0.2, 0.25) is 0 Å². The van der Waals surface area contributed by atoms with Gasteiger partial charge in [-0.2, -0.15) is 11.8 Å². The van der Waals surface area contributed by atoms with Crippen LogP contribution in [-0.2, 0) is 6.42 Å². The van der Waals surface area contributed by atoms with Gasteiger partial charge >= 0.3 is 0 Å². The standard InChI is InChI=1S/C17H29N3OS/c1-5-18-17(19-10-6-12-22-4)20-11-9-15-13-14(2)7-8-16(15)21-3/h7-8,13H,5-6,9-12H2,1-4H3,(H2,18,19,20). The van der Waals surface area contributed by atoms with Crippen LogP contribution in [-0.4, -0.2) is 44.7 Å². The molecule has 22 heavy (non-hydrogen) atoms. The molecule has 0 aliphatic rings. The maximum absolute atomic E-state index is 5.42. The van der Waals surface area contributed by atoms with Crippen LogP contribution in [0.25, 0.3) is 0 Å². The van der Waals surface area contributed by atoms with E-state index in [4.69, 9.17) is 4.74 Å². The van der Waals surface area contributed by atoms with Crippen molar-refractivity contribution in [3.8, 4) is 5.75 Å². The van der Waals surface area contributed by atoms with Crippen molar-refractivity contribution in [3.63, 3.8) is 0 Å². The topological polar surface area (TPSA) is 45.7 Å². The minimum absolute atomic E-state index is 0.841. The number of ether oxygens (including phenoxy) is 1. The molecule has 1 aromatic rings. The third-order valence-electron chi connectivity index (χ3n) is 3.24. The fourth-order valence-electron chi connectivity index (χ4n) is 2.16. The quantitative estimate of drug-likeness (QED) is 0.417. The fraction of sp³-hybridized carbons (Fsp3) is 0.588. The lowest BCUT2D eigenvalue weighted by molar-refractivity contribution is 0.409. The molecule has 0 radical (unpaired) electrons. The SMILES string of the molecule is CCNC(=NCCCSC)NCCc1cc(C)ccc1OC. The summed E-state index contributed by atoms with van der Waals surface area (Å²) in [7, 11) is 1.72. The largest absolute Gasteiger partial charge is 0.496 e. The number of thioether (sulfide) groups is 1. The van der Waals surface area contributed by atoms with Crippen LogP contribution in [0.2, 0.25) is 0 Å². The van der Waals surface area contributed by atoms with E-state index in [2.05, 4.69) is 47.9 Å². The molecule has 0 saturated carbocycles. The van der Waals surface area contributed by atoms with E-state index >= 15 is 0 Å². The summed E-state index contributed by atoms with van der Waals surface area (Å²) >= 11 is 1.86. The Morgan fingerprint density at radius 2 is 2.14 bits per heavy atom. The van der Waals surface area contributed by atoms with Crippen LogP contribution < -0.4 is 15.4 Å². The van der Waals surface area contributed by atoms with Crippen LogP contribution >= 0.6 is 11.8 Å². The monoisotopic (exact) mass is 323 g/mol. The van der Waals surface area contributed by atoms with Gasteiger partial charge in [-0.1, -0.05) is 17.7 Å². The molecule has 0 aliphatic heterocycles. The average molecular weight is 324 g/mol. The van der Waals surface area contributed by atoms with E-state index in [-0.39, 0.29) is 0 Å². The second kappa shape index (κ2) is 11.2. The highest BCUT2D eigenvalue weighted by Crippen LogP contribution is 2.19. The summed E-state index contributed by atoms with van der Waals surface area (Å²) in [4.78, 5) is 4.59. The average Bonchev–Trinajstić information content (AvgIpc) is 2.51. The first-order valence-corrected chi connectivity index (χ1v) is 9.25. The highest BCUT2D eigenvalue weighted by atomic mass is 32.2. The number of methoxy groups -OCH3 is 1. The molecule has 0 bridgehead atoms. The van der Waals surface area contributed by atoms with Crippen molar-refractivity contribution in [1.29, 1.82) is 0 Å². The lowest BCUT2D eigenvalue weighted by Crippen LogP contribution is -2.38. The summed E-state index contributed by atoms with van der Waals surface area (Å²) in [6, 6.07) is 6.29. The second-order valence-electron chi connectivity index (χ2n) is 5.10. The Hall–Kier alpha value is -1.36. The molecule has 5 heteroatoms. The predicted octanol–water partition coefficient (Wildman–Crippen LogP) is 2.85. The molecule has 2 N–H and O–H groups in total. The maximum Gasteiger partial charge on any atom is 0.191 e. The van der Waals surface area contributed by atoms with Crippen molar-refractivity contribution in [3.05, 3.63) is 29.3 Å². The molecule has 0 fully saturated rings. The van der Waals surface area contributed by atoms with Gasteiger partial charge in [-0.25, -0.2) is 0 Å². The van der Waals surface area contributed by atoms with E-state index in [0.29, 0.717) is 0 Å². The molecule has 0 heterocycles. The Morgan fingerprint density at radius 1 is 1.32 bits per heavy atom. The molecule has 1 aromatic carbocycles. The molecule has 1 rings (SSSR count). The van der Waals surface area contributed by atoms with Gasteiger partial charge in [-0.15, -0.1) is 0 Å². The molecule has 0 spiro atoms. The summed E-state index contributed by atoms with van der Waals surface area (Å²) in [5.41, 5.74) is 2.49. The molecule has 0 saturated heterocycles. The van der Waals surface area contributed by atoms with E-state index < -0.39 is 0 Å². The highest BCUT2D eigenvalue weighted by molar-refractivity contribution is 7.98. The number of nitrogens with one attached hydrogen (secondary N) is 2. The van der Waals surface area contributed by atoms with Gasteiger partial charge in [0, 0.05) is 19.6 Å². The van der Waals surface area contributed by atoms with Gasteiger partial charge in [-0.3, -0.25) is 4.99 Å². The molecule has 0 amide bonds. The minimum Gasteiger partial charge on any atom is -0.496 e. The van der Waals surface area contributed by atoms with Crippen LogP contribution in [0, 0.1) is 6.92 Å². The first kappa shape index (κ1) is 18.7. The Bertz CT molecular complexity index is 463. The van der Waals surface area contributed by atoms with E-state index in [1.807, 2.05) is 17.8 Å². The number of guanidine groups is 1. The van der Waals surface area contributed by atoms with Crippen LogP contribution in [0.15, 0.2) is 23.2 Å². The first-order valence-electron chi connectivity index (χ1n) is 7.85. The molecular formula is C17H29N3OS. The van der Waals surface area contributed by atoms with E-state index in [0.717, 1.165) is 49.9 Å². The van der Waals surface area contributed by atoms with Gasteiger partial charge in [0.15, 0.2) is 5.96 Å². The van der Waals surface area contributed by atoms with Crippen molar-refractivity contribution >= 4 is 17.7 Å². The third kappa shape index (κ3) is 7.07. The lowest BCUT2D eigenvalue weighted by Gasteiger charge is -2.13. The van der Waals surface area contributed by atoms with Crippen LogP contribution in [0.1, 0.15) is 24.5 Å². The first-order chi connectivity index (χ1) is 10.7. The zero-order valence-corrected chi connectivity index (χ0v) is 15.1. The predicted molar refractivity (Wildman–Crippen MR) is 98.4 cm³/mol. The summed E-state index contributed by atoms with van der Waals surface area (Å²) in [5, 5.41) is 6.68. The summed E-state index contributed by atoms with van der Waals surface area (Å²) in [5.74, 6) is 3.01. The lowest BCUT2D eigenvalue weighted by atomic mass is 10.1. The third-order valence-corrected chi connectivity index (χ3v) is 3.94. The second-order valence-corrected chi connectivity index (χ2v) is 6.08. The van der Waals surface area contributed by atoms with Gasteiger partial charge in [-0.05, 0) is 50.3 Å². The van der Waals surface area contributed by atoms with E-state index in [1.165, 1.54) is 11.1 Å². The summed E-state index contributed by atoms with van der Waals surface area (Å²) < 4.78 is 5.42. The summed E-state index contributed by atoms with van der Waals surface area (Å²) in [6.07, 6.45) is 4.16. The Kier molecular flexibility index (Phi) is 9.55. The molecule has 4 nitrogen and oxygen atoms in total. The highest BCUT2D eigenvalue weighted by Gasteiger charge is 2.04. The smallest absolute Gasteiger partial charge is 0.191 e. The molecule has 0 atom stereocenters.